The molecule has 0 radical (unpaired) electrons. The maximum atomic E-state index is 12.7. The van der Waals surface area contributed by atoms with Crippen LogP contribution in [0, 0.1) is 5.41 Å². The summed E-state index contributed by atoms with van der Waals surface area (Å²) in [6, 6.07) is 4.00. The zero-order chi connectivity index (χ0) is 20.8. The minimum atomic E-state index is -0.0757. The quantitative estimate of drug-likeness (QED) is 0.658. The molecule has 0 aliphatic carbocycles. The van der Waals surface area contributed by atoms with Crippen LogP contribution in [0.5, 0.6) is 0 Å². The number of rotatable bonds is 3. The summed E-state index contributed by atoms with van der Waals surface area (Å²) < 4.78 is 11.4. The van der Waals surface area contributed by atoms with Crippen LogP contribution >= 0.6 is 11.7 Å². The van der Waals surface area contributed by atoms with Crippen LogP contribution in [0.3, 0.4) is 0 Å². The monoisotopic (exact) mass is 414 g/mol. The Morgan fingerprint density at radius 2 is 2.10 bits per heavy atom. The molecule has 1 fully saturated rings. The summed E-state index contributed by atoms with van der Waals surface area (Å²) >= 11 is 1.04. The van der Waals surface area contributed by atoms with Crippen molar-refractivity contribution in [1.29, 1.82) is 0 Å². The van der Waals surface area contributed by atoms with Crippen molar-refractivity contribution in [3.8, 4) is 0 Å². The first-order valence-electron chi connectivity index (χ1n) is 9.87. The molecule has 1 saturated heterocycles. The molecule has 3 aromatic rings. The molecule has 1 aliphatic heterocycles. The highest BCUT2D eigenvalue weighted by Gasteiger charge is 2.28. The first-order valence-corrected chi connectivity index (χ1v) is 10.6. The Bertz CT molecular complexity index is 1090. The third-order valence-electron chi connectivity index (χ3n) is 5.34. The van der Waals surface area contributed by atoms with Gasteiger partial charge in [0.15, 0.2) is 11.3 Å². The third-order valence-corrected chi connectivity index (χ3v) is 5.82. The van der Waals surface area contributed by atoms with E-state index in [4.69, 9.17) is 4.98 Å². The van der Waals surface area contributed by atoms with E-state index in [1.807, 2.05) is 17.0 Å². The molecule has 0 saturated carbocycles. The van der Waals surface area contributed by atoms with Gasteiger partial charge in [-0.25, -0.2) is 9.78 Å². The molecular weight excluding hydrogens is 388 g/mol. The molecule has 154 valence electrons. The zero-order valence-electron chi connectivity index (χ0n) is 17.3. The molecule has 4 rings (SSSR count). The number of imidazole rings is 1. The van der Waals surface area contributed by atoms with E-state index in [1.165, 1.54) is 6.20 Å². The summed E-state index contributed by atoms with van der Waals surface area (Å²) in [4.78, 5) is 32.1. The average Bonchev–Trinajstić information content (AvgIpc) is 3.30. The highest BCUT2D eigenvalue weighted by atomic mass is 32.1. The fourth-order valence-corrected chi connectivity index (χ4v) is 4.37. The fraction of sp³-hybridized carbons (Fsp3) is 0.550. The van der Waals surface area contributed by atoms with Gasteiger partial charge in [0.25, 0.3) is 5.91 Å². The van der Waals surface area contributed by atoms with E-state index in [9.17, 15) is 9.59 Å². The van der Waals surface area contributed by atoms with E-state index in [0.29, 0.717) is 24.4 Å². The van der Waals surface area contributed by atoms with Gasteiger partial charge >= 0.3 is 5.69 Å². The molecule has 1 amide bonds. The number of pyridine rings is 1. The maximum absolute atomic E-state index is 12.7. The van der Waals surface area contributed by atoms with Gasteiger partial charge in [-0.15, -0.1) is 0 Å². The molecule has 9 heteroatoms. The predicted molar refractivity (Wildman–Crippen MR) is 112 cm³/mol. The summed E-state index contributed by atoms with van der Waals surface area (Å²) in [5.74, 6) is 0.0676. The molecule has 0 spiro atoms. The van der Waals surface area contributed by atoms with E-state index in [2.05, 4.69) is 29.5 Å². The minimum Gasteiger partial charge on any atom is -0.337 e. The molecule has 3 aromatic heterocycles. The molecule has 4 heterocycles. The van der Waals surface area contributed by atoms with E-state index in [0.717, 1.165) is 42.3 Å². The van der Waals surface area contributed by atoms with E-state index in [-0.39, 0.29) is 22.9 Å². The molecular formula is C20H26N6O2S. The number of piperidine rings is 1. The van der Waals surface area contributed by atoms with Gasteiger partial charge in [0.05, 0.1) is 23.4 Å². The Labute approximate surface area is 173 Å². The van der Waals surface area contributed by atoms with Gasteiger partial charge in [-0.3, -0.25) is 13.9 Å². The Morgan fingerprint density at radius 1 is 1.31 bits per heavy atom. The molecule has 0 N–H and O–H groups in total. The van der Waals surface area contributed by atoms with Crippen molar-refractivity contribution in [2.45, 2.75) is 46.1 Å². The number of hydrogen-bond acceptors (Lipinski definition) is 6. The van der Waals surface area contributed by atoms with Crippen molar-refractivity contribution in [2.24, 2.45) is 12.5 Å². The number of nitrogens with zero attached hydrogens (tertiary/aromatic N) is 6. The summed E-state index contributed by atoms with van der Waals surface area (Å²) in [7, 11) is 1.77. The van der Waals surface area contributed by atoms with Gasteiger partial charge in [-0.05, 0) is 30.4 Å². The zero-order valence-corrected chi connectivity index (χ0v) is 18.1. The van der Waals surface area contributed by atoms with Crippen molar-refractivity contribution in [3.05, 3.63) is 40.2 Å². The summed E-state index contributed by atoms with van der Waals surface area (Å²) in [5.41, 5.74) is 2.83. The summed E-state index contributed by atoms with van der Waals surface area (Å²) in [5, 5.41) is 0. The van der Waals surface area contributed by atoms with Crippen LogP contribution in [-0.2, 0) is 13.6 Å². The Balaban J connectivity index is 1.63. The second kappa shape index (κ2) is 7.37. The van der Waals surface area contributed by atoms with Gasteiger partial charge < -0.3 is 4.90 Å². The van der Waals surface area contributed by atoms with Gasteiger partial charge in [0.1, 0.15) is 0 Å². The van der Waals surface area contributed by atoms with Crippen LogP contribution < -0.4 is 5.69 Å². The minimum absolute atomic E-state index is 0.00837. The lowest BCUT2D eigenvalue weighted by atomic mass is 9.94. The van der Waals surface area contributed by atoms with Gasteiger partial charge in [0.2, 0.25) is 0 Å². The number of aryl methyl sites for hydroxylation is 1. The van der Waals surface area contributed by atoms with Gasteiger partial charge in [-0.1, -0.05) is 20.8 Å². The number of fused-ring (bicyclic) bond motifs is 1. The molecule has 0 bridgehead atoms. The number of carbonyl (C=O) groups excluding carboxylic acids is 1. The normalized spacial score (nSPS) is 17.8. The Hall–Kier alpha value is -2.55. The number of amides is 1. The van der Waals surface area contributed by atoms with Crippen molar-refractivity contribution < 1.29 is 4.79 Å². The van der Waals surface area contributed by atoms with Crippen molar-refractivity contribution >= 4 is 28.8 Å². The van der Waals surface area contributed by atoms with Crippen LogP contribution in [0.4, 0.5) is 0 Å². The SMILES string of the molecule is Cn1c(=O)n(CC(C)(C)C)c2ccc(C3CCCN(C(=O)c4cnsn4)C3)nc21. The van der Waals surface area contributed by atoms with Crippen LogP contribution in [0.15, 0.2) is 23.1 Å². The van der Waals surface area contributed by atoms with Gasteiger partial charge in [-0.2, -0.15) is 8.75 Å². The molecule has 1 atom stereocenters. The number of hydrogen-bond donors (Lipinski definition) is 0. The standard InChI is InChI=1S/C20H26N6O2S/c1-20(2,3)12-26-16-8-7-14(22-17(16)24(4)19(26)28)13-6-5-9-25(11-13)18(27)15-10-21-29-23-15/h7-8,10,13H,5-6,9,11-12H2,1-4H3. The van der Waals surface area contributed by atoms with Crippen molar-refractivity contribution in [2.75, 3.05) is 13.1 Å². The van der Waals surface area contributed by atoms with Gasteiger partial charge in [0, 0.05) is 38.3 Å². The Kier molecular flexibility index (Phi) is 5.02. The lowest BCUT2D eigenvalue weighted by Gasteiger charge is -2.32. The lowest BCUT2D eigenvalue weighted by molar-refractivity contribution is 0.0701. The van der Waals surface area contributed by atoms with E-state index < -0.39 is 0 Å². The number of carbonyl (C=O) groups is 1. The number of likely N-dealkylation sites (tertiary alicyclic amines) is 1. The van der Waals surface area contributed by atoms with Crippen molar-refractivity contribution in [3.63, 3.8) is 0 Å². The van der Waals surface area contributed by atoms with Crippen LogP contribution in [0.25, 0.3) is 11.2 Å². The predicted octanol–water partition coefficient (Wildman–Crippen LogP) is 2.65. The topological polar surface area (TPSA) is 85.9 Å². The van der Waals surface area contributed by atoms with E-state index in [1.54, 1.807) is 16.2 Å². The summed E-state index contributed by atoms with van der Waals surface area (Å²) in [6.45, 7) is 8.31. The molecule has 1 aliphatic rings. The molecule has 29 heavy (non-hydrogen) atoms. The molecule has 0 aromatic carbocycles. The fourth-order valence-electron chi connectivity index (χ4n) is 3.97. The maximum Gasteiger partial charge on any atom is 0.330 e. The smallest absolute Gasteiger partial charge is 0.330 e. The summed E-state index contributed by atoms with van der Waals surface area (Å²) in [6.07, 6.45) is 3.40. The Morgan fingerprint density at radius 3 is 2.79 bits per heavy atom. The van der Waals surface area contributed by atoms with Crippen LogP contribution in [0.1, 0.15) is 55.7 Å². The first kappa shape index (κ1) is 19.8. The van der Waals surface area contributed by atoms with Crippen LogP contribution in [0.2, 0.25) is 0 Å². The molecule has 1 unspecified atom stereocenters. The van der Waals surface area contributed by atoms with E-state index >= 15 is 0 Å². The second-order valence-corrected chi connectivity index (χ2v) is 9.51. The highest BCUT2D eigenvalue weighted by Crippen LogP contribution is 2.28. The molecule has 8 nitrogen and oxygen atoms in total. The average molecular weight is 415 g/mol. The largest absolute Gasteiger partial charge is 0.337 e. The second-order valence-electron chi connectivity index (χ2n) is 8.95. The van der Waals surface area contributed by atoms with Crippen molar-refractivity contribution in [1.82, 2.24) is 27.8 Å². The first-order chi connectivity index (χ1) is 13.7. The lowest BCUT2D eigenvalue weighted by Crippen LogP contribution is -2.39. The third kappa shape index (κ3) is 3.83. The highest BCUT2D eigenvalue weighted by molar-refractivity contribution is 6.99. The number of aromatic nitrogens is 5. The van der Waals surface area contributed by atoms with Crippen LogP contribution in [-0.4, -0.2) is 46.8 Å².